The molecule has 0 unspecified atom stereocenters. The van der Waals surface area contributed by atoms with Gasteiger partial charge in [-0.2, -0.15) is 0 Å². The normalized spacial score (nSPS) is 14.9. The Morgan fingerprint density at radius 1 is 1.47 bits per heavy atom. The number of amides is 2. The van der Waals surface area contributed by atoms with Gasteiger partial charge in [-0.3, -0.25) is 4.79 Å². The maximum absolute atomic E-state index is 13.3. The minimum atomic E-state index is -0.856. The van der Waals surface area contributed by atoms with Crippen molar-refractivity contribution < 1.29 is 19.1 Å². The lowest BCUT2D eigenvalue weighted by molar-refractivity contribution is -0.139. The van der Waals surface area contributed by atoms with Crippen molar-refractivity contribution >= 4 is 17.7 Å². The Morgan fingerprint density at radius 2 is 2.16 bits per heavy atom. The van der Waals surface area contributed by atoms with Gasteiger partial charge in [-0.05, 0) is 24.6 Å². The number of carbonyl (C=O) groups is 2. The maximum Gasteiger partial charge on any atom is 0.321 e. The minimum Gasteiger partial charge on any atom is -0.481 e. The van der Waals surface area contributed by atoms with Crippen LogP contribution in [0.2, 0.25) is 0 Å². The lowest BCUT2D eigenvalue weighted by Gasteiger charge is -2.38. The Balaban J connectivity index is 1.85. The zero-order valence-corrected chi connectivity index (χ0v) is 10.5. The molecular formula is C13H15FN2O3. The molecule has 1 aromatic rings. The van der Waals surface area contributed by atoms with E-state index in [-0.39, 0.29) is 24.2 Å². The molecule has 0 saturated carbocycles. The number of halogens is 1. The fraction of sp³-hybridized carbons (Fsp3) is 0.385. The summed E-state index contributed by atoms with van der Waals surface area (Å²) in [6.45, 7) is 2.49. The van der Waals surface area contributed by atoms with Crippen LogP contribution in [0.25, 0.3) is 0 Å². The molecule has 2 rings (SSSR count). The molecule has 0 aromatic heterocycles. The topological polar surface area (TPSA) is 69.6 Å². The number of likely N-dealkylation sites (tertiary alicyclic amines) is 1. The highest BCUT2D eigenvalue weighted by Gasteiger charge is 2.32. The second kappa shape index (κ2) is 5.26. The Labute approximate surface area is 110 Å². The molecule has 1 saturated heterocycles. The summed E-state index contributed by atoms with van der Waals surface area (Å²) < 4.78 is 13.3. The molecule has 1 fully saturated rings. The van der Waals surface area contributed by atoms with Crippen molar-refractivity contribution in [1.29, 1.82) is 0 Å². The third-order valence-corrected chi connectivity index (χ3v) is 3.13. The third kappa shape index (κ3) is 3.21. The van der Waals surface area contributed by atoms with Gasteiger partial charge < -0.3 is 15.3 Å². The average Bonchev–Trinajstić information content (AvgIpc) is 2.27. The molecule has 1 aliphatic heterocycles. The van der Waals surface area contributed by atoms with E-state index in [0.717, 1.165) is 0 Å². The molecule has 1 heterocycles. The van der Waals surface area contributed by atoms with E-state index in [0.29, 0.717) is 24.3 Å². The third-order valence-electron chi connectivity index (χ3n) is 3.13. The average molecular weight is 266 g/mol. The summed E-state index contributed by atoms with van der Waals surface area (Å²) in [4.78, 5) is 23.8. The van der Waals surface area contributed by atoms with Crippen molar-refractivity contribution in [3.05, 3.63) is 29.6 Å². The number of benzene rings is 1. The number of nitrogens with one attached hydrogen (secondary N) is 1. The van der Waals surface area contributed by atoms with E-state index >= 15 is 0 Å². The Kier molecular flexibility index (Phi) is 3.69. The number of anilines is 1. The number of hydrogen-bond acceptors (Lipinski definition) is 2. The van der Waals surface area contributed by atoms with Crippen LogP contribution in [-0.4, -0.2) is 35.1 Å². The number of aryl methyl sites for hydroxylation is 1. The summed E-state index contributed by atoms with van der Waals surface area (Å²) in [5.74, 6) is -1.21. The van der Waals surface area contributed by atoms with E-state index in [1.807, 2.05) is 0 Å². The first-order chi connectivity index (χ1) is 8.95. The molecule has 1 aliphatic rings. The fourth-order valence-corrected chi connectivity index (χ4v) is 1.98. The Hall–Kier alpha value is -2.11. The Bertz CT molecular complexity index is 513. The fourth-order valence-electron chi connectivity index (χ4n) is 1.98. The van der Waals surface area contributed by atoms with Gasteiger partial charge in [-0.25, -0.2) is 9.18 Å². The number of aliphatic carboxylic acids is 1. The van der Waals surface area contributed by atoms with Gasteiger partial charge in [0.15, 0.2) is 0 Å². The van der Waals surface area contributed by atoms with Gasteiger partial charge in [-0.15, -0.1) is 0 Å². The van der Waals surface area contributed by atoms with Crippen LogP contribution in [0, 0.1) is 18.7 Å². The van der Waals surface area contributed by atoms with Crippen LogP contribution in [0.1, 0.15) is 12.0 Å². The van der Waals surface area contributed by atoms with Crippen LogP contribution in [-0.2, 0) is 4.79 Å². The smallest absolute Gasteiger partial charge is 0.321 e. The first-order valence-corrected chi connectivity index (χ1v) is 5.99. The highest BCUT2D eigenvalue weighted by molar-refractivity contribution is 5.90. The van der Waals surface area contributed by atoms with Gasteiger partial charge in [0.1, 0.15) is 5.82 Å². The number of carboxylic acids is 1. The van der Waals surface area contributed by atoms with Crippen molar-refractivity contribution in [3.8, 4) is 0 Å². The molecule has 0 spiro atoms. The van der Waals surface area contributed by atoms with Crippen LogP contribution >= 0.6 is 0 Å². The minimum absolute atomic E-state index is 0.0120. The largest absolute Gasteiger partial charge is 0.481 e. The molecule has 1 aromatic carbocycles. The molecule has 19 heavy (non-hydrogen) atoms. The van der Waals surface area contributed by atoms with E-state index in [1.165, 1.54) is 11.0 Å². The lowest BCUT2D eigenvalue weighted by atomic mass is 9.97. The number of hydrogen-bond donors (Lipinski definition) is 2. The van der Waals surface area contributed by atoms with Crippen molar-refractivity contribution in [3.63, 3.8) is 0 Å². The molecule has 0 aliphatic carbocycles. The summed E-state index contributed by atoms with van der Waals surface area (Å²) in [7, 11) is 0. The summed E-state index contributed by atoms with van der Waals surface area (Å²) in [6.07, 6.45) is 0.0724. The molecule has 0 atom stereocenters. The lowest BCUT2D eigenvalue weighted by Crippen LogP contribution is -2.52. The molecule has 5 nitrogen and oxygen atoms in total. The van der Waals surface area contributed by atoms with Crippen LogP contribution in [0.4, 0.5) is 14.9 Å². The van der Waals surface area contributed by atoms with Crippen LogP contribution in [0.15, 0.2) is 18.2 Å². The SMILES string of the molecule is Cc1ccc(NC(=O)N2CC(CC(=O)O)C2)cc1F. The van der Waals surface area contributed by atoms with Crippen LogP contribution in [0.3, 0.4) is 0 Å². The van der Waals surface area contributed by atoms with Gasteiger partial charge in [0.25, 0.3) is 0 Å². The van der Waals surface area contributed by atoms with E-state index in [9.17, 15) is 14.0 Å². The van der Waals surface area contributed by atoms with Crippen molar-refractivity contribution in [2.24, 2.45) is 5.92 Å². The van der Waals surface area contributed by atoms with E-state index in [4.69, 9.17) is 5.11 Å². The molecule has 2 amide bonds. The van der Waals surface area contributed by atoms with Gasteiger partial charge in [-0.1, -0.05) is 6.07 Å². The maximum atomic E-state index is 13.3. The van der Waals surface area contributed by atoms with Crippen molar-refractivity contribution in [1.82, 2.24) is 4.90 Å². The number of carboxylic acid groups (broad SMARTS) is 1. The summed E-state index contributed by atoms with van der Waals surface area (Å²) >= 11 is 0. The molecule has 6 heteroatoms. The monoisotopic (exact) mass is 266 g/mol. The molecule has 102 valence electrons. The molecule has 2 N–H and O–H groups in total. The summed E-state index contributed by atoms with van der Waals surface area (Å²) in [5, 5.41) is 11.2. The van der Waals surface area contributed by atoms with E-state index < -0.39 is 5.97 Å². The van der Waals surface area contributed by atoms with Gasteiger partial charge >= 0.3 is 12.0 Å². The zero-order valence-electron chi connectivity index (χ0n) is 10.5. The Morgan fingerprint density at radius 3 is 2.74 bits per heavy atom. The second-order valence-electron chi connectivity index (χ2n) is 4.76. The van der Waals surface area contributed by atoms with Crippen molar-refractivity contribution in [2.45, 2.75) is 13.3 Å². The van der Waals surface area contributed by atoms with Crippen molar-refractivity contribution in [2.75, 3.05) is 18.4 Å². The van der Waals surface area contributed by atoms with Crippen LogP contribution in [0.5, 0.6) is 0 Å². The number of urea groups is 1. The number of rotatable bonds is 3. The zero-order chi connectivity index (χ0) is 14.0. The van der Waals surface area contributed by atoms with Crippen LogP contribution < -0.4 is 5.32 Å². The second-order valence-corrected chi connectivity index (χ2v) is 4.76. The van der Waals surface area contributed by atoms with E-state index in [2.05, 4.69) is 5.32 Å². The molecule has 0 bridgehead atoms. The highest BCUT2D eigenvalue weighted by Crippen LogP contribution is 2.21. The highest BCUT2D eigenvalue weighted by atomic mass is 19.1. The number of carbonyl (C=O) groups excluding carboxylic acids is 1. The first kappa shape index (κ1) is 13.3. The van der Waals surface area contributed by atoms with E-state index in [1.54, 1.807) is 19.1 Å². The first-order valence-electron chi connectivity index (χ1n) is 5.99. The molecular weight excluding hydrogens is 251 g/mol. The van der Waals surface area contributed by atoms with Gasteiger partial charge in [0.2, 0.25) is 0 Å². The molecule has 0 radical (unpaired) electrons. The predicted molar refractivity (Wildman–Crippen MR) is 67.5 cm³/mol. The predicted octanol–water partition coefficient (Wildman–Crippen LogP) is 2.07. The van der Waals surface area contributed by atoms with Gasteiger partial charge in [0.05, 0.1) is 6.42 Å². The summed E-state index contributed by atoms with van der Waals surface area (Å²) in [5.41, 5.74) is 0.915. The quantitative estimate of drug-likeness (QED) is 0.880. The summed E-state index contributed by atoms with van der Waals surface area (Å²) in [6, 6.07) is 4.16. The van der Waals surface area contributed by atoms with Gasteiger partial charge in [0, 0.05) is 24.7 Å². The standard InChI is InChI=1S/C13H15FN2O3/c1-8-2-3-10(5-11(8)14)15-13(19)16-6-9(7-16)4-12(17)18/h2-3,5,9H,4,6-7H2,1H3,(H,15,19)(H,17,18). The number of nitrogens with zero attached hydrogens (tertiary/aromatic N) is 1.